The van der Waals surface area contributed by atoms with Crippen molar-refractivity contribution < 1.29 is 19.4 Å². The summed E-state index contributed by atoms with van der Waals surface area (Å²) in [6.45, 7) is 1.98. The van der Waals surface area contributed by atoms with Gasteiger partial charge in [-0.25, -0.2) is 4.79 Å². The molecule has 0 amide bonds. The molecule has 0 radical (unpaired) electrons. The van der Waals surface area contributed by atoms with Gasteiger partial charge in [-0.15, -0.1) is 11.8 Å². The predicted octanol–water partition coefficient (Wildman–Crippen LogP) is 4.30. The summed E-state index contributed by atoms with van der Waals surface area (Å²) in [5, 5.41) is 9.42. The maximum atomic E-state index is 11.5. The molecule has 2 aromatic carbocycles. The molecule has 0 heterocycles. The Balaban J connectivity index is 2.33. The molecule has 0 bridgehead atoms. The lowest BCUT2D eigenvalue weighted by atomic mass is 10.2. The molecule has 2 rings (SSSR count). The third-order valence-corrected chi connectivity index (χ3v) is 3.73. The quantitative estimate of drug-likeness (QED) is 0.806. The number of aromatic carboxylic acids is 1. The highest BCUT2D eigenvalue weighted by molar-refractivity contribution is 7.99. The molecule has 110 valence electrons. The average molecular weight is 304 g/mol. The Morgan fingerprint density at radius 3 is 2.38 bits per heavy atom. The summed E-state index contributed by atoms with van der Waals surface area (Å²) < 4.78 is 10.8. The molecule has 0 aliphatic heterocycles. The van der Waals surface area contributed by atoms with Crippen molar-refractivity contribution in [3.05, 3.63) is 48.0 Å². The summed E-state index contributed by atoms with van der Waals surface area (Å²) in [6.07, 6.45) is 0. The van der Waals surface area contributed by atoms with Crippen molar-refractivity contribution in [2.75, 3.05) is 12.9 Å². The van der Waals surface area contributed by atoms with E-state index in [1.54, 1.807) is 49.6 Å². The highest BCUT2D eigenvalue weighted by atomic mass is 32.2. The molecule has 1 N–H and O–H groups in total. The predicted molar refractivity (Wildman–Crippen MR) is 82.9 cm³/mol. The summed E-state index contributed by atoms with van der Waals surface area (Å²) in [5.41, 5.74) is 0.195. The molecule has 0 aromatic heterocycles. The molecule has 0 aliphatic carbocycles. The lowest BCUT2D eigenvalue weighted by Gasteiger charge is -2.12. The van der Waals surface area contributed by atoms with E-state index in [1.165, 1.54) is 11.8 Å². The third-order valence-electron chi connectivity index (χ3n) is 2.79. The van der Waals surface area contributed by atoms with Crippen LogP contribution < -0.4 is 9.47 Å². The molecule has 0 fully saturated rings. The first kappa shape index (κ1) is 15.3. The fourth-order valence-corrected chi connectivity index (χ4v) is 2.67. The lowest BCUT2D eigenvalue weighted by molar-refractivity contribution is 0.0690. The first-order valence-corrected chi connectivity index (χ1v) is 7.45. The van der Waals surface area contributed by atoms with Gasteiger partial charge in [-0.2, -0.15) is 0 Å². The van der Waals surface area contributed by atoms with Crippen molar-refractivity contribution in [2.24, 2.45) is 0 Å². The molecule has 2 aromatic rings. The topological polar surface area (TPSA) is 55.8 Å². The normalized spacial score (nSPS) is 10.2. The number of methoxy groups -OCH3 is 1. The minimum absolute atomic E-state index is 0.195. The molecule has 0 saturated heterocycles. The maximum absolute atomic E-state index is 11.5. The number of ether oxygens (including phenoxy) is 2. The van der Waals surface area contributed by atoms with Gasteiger partial charge >= 0.3 is 5.97 Å². The Labute approximate surface area is 127 Å². The van der Waals surface area contributed by atoms with Crippen LogP contribution in [0.25, 0.3) is 0 Å². The standard InChI is InChI=1S/C16H16O4S/c1-3-21-14-6-4-5-13(15(14)16(17)18)20-12-9-7-11(19-2)8-10-12/h4-10H,3H2,1-2H3,(H,17,18). The van der Waals surface area contributed by atoms with Gasteiger partial charge in [-0.1, -0.05) is 13.0 Å². The molecule has 0 unspecified atom stereocenters. The van der Waals surface area contributed by atoms with Crippen LogP contribution in [0.4, 0.5) is 0 Å². The largest absolute Gasteiger partial charge is 0.497 e. The van der Waals surface area contributed by atoms with Crippen molar-refractivity contribution in [3.8, 4) is 17.2 Å². The number of rotatable bonds is 6. The molecule has 0 atom stereocenters. The number of carboxylic acid groups (broad SMARTS) is 1. The van der Waals surface area contributed by atoms with E-state index in [2.05, 4.69) is 0 Å². The fourth-order valence-electron chi connectivity index (χ4n) is 1.85. The minimum Gasteiger partial charge on any atom is -0.497 e. The van der Waals surface area contributed by atoms with E-state index in [9.17, 15) is 9.90 Å². The highest BCUT2D eigenvalue weighted by Gasteiger charge is 2.17. The van der Waals surface area contributed by atoms with Crippen LogP contribution in [0.15, 0.2) is 47.4 Å². The van der Waals surface area contributed by atoms with Crippen molar-refractivity contribution >= 4 is 17.7 Å². The molecular formula is C16H16O4S. The minimum atomic E-state index is -0.991. The van der Waals surface area contributed by atoms with Gasteiger partial charge in [0.15, 0.2) is 0 Å². The molecule has 5 heteroatoms. The van der Waals surface area contributed by atoms with Crippen LogP contribution >= 0.6 is 11.8 Å². The Morgan fingerprint density at radius 1 is 1.14 bits per heavy atom. The first-order chi connectivity index (χ1) is 10.2. The van der Waals surface area contributed by atoms with E-state index in [1.807, 2.05) is 6.92 Å². The smallest absolute Gasteiger partial charge is 0.340 e. The van der Waals surface area contributed by atoms with Crippen molar-refractivity contribution in [1.29, 1.82) is 0 Å². The molecular weight excluding hydrogens is 288 g/mol. The van der Waals surface area contributed by atoms with Crippen LogP contribution in [0, 0.1) is 0 Å². The van der Waals surface area contributed by atoms with Gasteiger partial charge in [0.1, 0.15) is 22.8 Å². The number of hydrogen-bond acceptors (Lipinski definition) is 4. The van der Waals surface area contributed by atoms with E-state index in [0.717, 1.165) is 11.5 Å². The third kappa shape index (κ3) is 3.70. The molecule has 4 nitrogen and oxygen atoms in total. The summed E-state index contributed by atoms with van der Waals surface area (Å²) >= 11 is 1.48. The van der Waals surface area contributed by atoms with Gasteiger partial charge in [0.2, 0.25) is 0 Å². The first-order valence-electron chi connectivity index (χ1n) is 6.46. The zero-order chi connectivity index (χ0) is 15.2. The van der Waals surface area contributed by atoms with Crippen LogP contribution in [0.3, 0.4) is 0 Å². The van der Waals surface area contributed by atoms with Crippen LogP contribution in [0.1, 0.15) is 17.3 Å². The number of thioether (sulfide) groups is 1. The summed E-state index contributed by atoms with van der Waals surface area (Å²) in [5.74, 6) is 1.43. The van der Waals surface area contributed by atoms with Gasteiger partial charge in [-0.3, -0.25) is 0 Å². The van der Waals surface area contributed by atoms with Gasteiger partial charge in [-0.05, 0) is 42.2 Å². The summed E-state index contributed by atoms with van der Waals surface area (Å²) in [7, 11) is 1.59. The lowest BCUT2D eigenvalue weighted by Crippen LogP contribution is -2.02. The second kappa shape index (κ2) is 7.04. The second-order valence-electron chi connectivity index (χ2n) is 4.15. The van der Waals surface area contributed by atoms with E-state index >= 15 is 0 Å². The van der Waals surface area contributed by atoms with E-state index < -0.39 is 5.97 Å². The van der Waals surface area contributed by atoms with Gasteiger partial charge in [0.25, 0.3) is 0 Å². The molecule has 0 aliphatic rings. The van der Waals surface area contributed by atoms with Crippen molar-refractivity contribution in [3.63, 3.8) is 0 Å². The Kier molecular flexibility index (Phi) is 5.11. The molecule has 21 heavy (non-hydrogen) atoms. The van der Waals surface area contributed by atoms with Gasteiger partial charge < -0.3 is 14.6 Å². The van der Waals surface area contributed by atoms with Gasteiger partial charge in [0.05, 0.1) is 7.11 Å². The summed E-state index contributed by atoms with van der Waals surface area (Å²) in [4.78, 5) is 12.2. The number of hydrogen-bond donors (Lipinski definition) is 1. The van der Waals surface area contributed by atoms with E-state index in [-0.39, 0.29) is 5.56 Å². The Morgan fingerprint density at radius 2 is 1.81 bits per heavy atom. The fraction of sp³-hybridized carbons (Fsp3) is 0.188. The van der Waals surface area contributed by atoms with Crippen LogP contribution in [-0.2, 0) is 0 Å². The van der Waals surface area contributed by atoms with E-state index in [4.69, 9.17) is 9.47 Å². The van der Waals surface area contributed by atoms with Crippen molar-refractivity contribution in [2.45, 2.75) is 11.8 Å². The zero-order valence-corrected chi connectivity index (χ0v) is 12.6. The average Bonchev–Trinajstić information content (AvgIpc) is 2.48. The monoisotopic (exact) mass is 304 g/mol. The number of benzene rings is 2. The molecule has 0 spiro atoms. The van der Waals surface area contributed by atoms with Crippen LogP contribution in [0.5, 0.6) is 17.2 Å². The van der Waals surface area contributed by atoms with Crippen LogP contribution in [-0.4, -0.2) is 23.9 Å². The second-order valence-corrected chi connectivity index (χ2v) is 5.45. The molecule has 0 saturated carbocycles. The number of carboxylic acids is 1. The van der Waals surface area contributed by atoms with Gasteiger partial charge in [0, 0.05) is 4.90 Å². The highest BCUT2D eigenvalue weighted by Crippen LogP contribution is 2.33. The Hall–Kier alpha value is -2.14. The SMILES string of the molecule is CCSc1cccc(Oc2ccc(OC)cc2)c1C(=O)O. The van der Waals surface area contributed by atoms with Crippen molar-refractivity contribution in [1.82, 2.24) is 0 Å². The Bertz CT molecular complexity index is 623. The summed E-state index contributed by atoms with van der Waals surface area (Å²) in [6, 6.07) is 12.3. The van der Waals surface area contributed by atoms with Crippen LogP contribution in [0.2, 0.25) is 0 Å². The zero-order valence-electron chi connectivity index (χ0n) is 11.8. The maximum Gasteiger partial charge on any atom is 0.340 e. The number of carbonyl (C=O) groups is 1. The van der Waals surface area contributed by atoms with E-state index in [0.29, 0.717) is 16.4 Å².